The fraction of sp³-hybridized carbons (Fsp3) is 0.238. The van der Waals surface area contributed by atoms with E-state index in [0.29, 0.717) is 17.9 Å². The first-order valence-electron chi connectivity index (χ1n) is 9.11. The van der Waals surface area contributed by atoms with Crippen molar-refractivity contribution in [2.45, 2.75) is 19.4 Å². The van der Waals surface area contributed by atoms with Crippen molar-refractivity contribution in [3.8, 4) is 0 Å². The maximum absolute atomic E-state index is 12.9. The Labute approximate surface area is 161 Å². The van der Waals surface area contributed by atoms with Crippen LogP contribution in [0.3, 0.4) is 0 Å². The summed E-state index contributed by atoms with van der Waals surface area (Å²) in [5, 5.41) is 11.3. The highest BCUT2D eigenvalue weighted by atomic mass is 16.6. The fourth-order valence-corrected chi connectivity index (χ4v) is 3.52. The molecule has 3 aromatic rings. The van der Waals surface area contributed by atoms with Gasteiger partial charge in [-0.2, -0.15) is 0 Å². The Bertz CT molecular complexity index is 1160. The summed E-state index contributed by atoms with van der Waals surface area (Å²) in [7, 11) is 3.99. The summed E-state index contributed by atoms with van der Waals surface area (Å²) in [6, 6.07) is 12.4. The zero-order valence-electron chi connectivity index (χ0n) is 15.8. The van der Waals surface area contributed by atoms with E-state index in [1.165, 1.54) is 12.1 Å². The molecular formula is C21H20N4O3. The van der Waals surface area contributed by atoms with E-state index >= 15 is 0 Å². The predicted molar refractivity (Wildman–Crippen MR) is 111 cm³/mol. The van der Waals surface area contributed by atoms with Gasteiger partial charge in [-0.15, -0.1) is 0 Å². The van der Waals surface area contributed by atoms with Crippen molar-refractivity contribution < 1.29 is 4.92 Å². The maximum atomic E-state index is 12.9. The molecule has 0 spiro atoms. The Hall–Kier alpha value is -3.48. The minimum Gasteiger partial charge on any atom is -0.378 e. The molecule has 2 heterocycles. The van der Waals surface area contributed by atoms with Gasteiger partial charge in [0.25, 0.3) is 11.2 Å². The van der Waals surface area contributed by atoms with Gasteiger partial charge in [-0.1, -0.05) is 12.1 Å². The van der Waals surface area contributed by atoms with Gasteiger partial charge >= 0.3 is 0 Å². The number of nitro groups is 1. The van der Waals surface area contributed by atoms with E-state index in [1.54, 1.807) is 10.6 Å². The molecule has 0 saturated carbocycles. The molecule has 7 heteroatoms. The maximum Gasteiger partial charge on any atom is 0.270 e. The molecule has 1 aromatic heterocycles. The quantitative estimate of drug-likeness (QED) is 0.514. The number of rotatable bonds is 3. The van der Waals surface area contributed by atoms with E-state index in [9.17, 15) is 14.9 Å². The molecule has 0 radical (unpaired) electrons. The van der Waals surface area contributed by atoms with Crippen LogP contribution in [0.4, 0.5) is 11.4 Å². The summed E-state index contributed by atoms with van der Waals surface area (Å²) in [6.07, 6.45) is 3.73. The molecule has 1 aliphatic rings. The van der Waals surface area contributed by atoms with E-state index in [4.69, 9.17) is 0 Å². The van der Waals surface area contributed by atoms with Crippen LogP contribution < -0.4 is 10.5 Å². The third-order valence-electron chi connectivity index (χ3n) is 5.01. The first kappa shape index (κ1) is 17.9. The van der Waals surface area contributed by atoms with Gasteiger partial charge in [-0.05, 0) is 48.3 Å². The van der Waals surface area contributed by atoms with E-state index < -0.39 is 4.92 Å². The molecule has 0 N–H and O–H groups in total. The van der Waals surface area contributed by atoms with E-state index in [2.05, 4.69) is 23.2 Å². The zero-order valence-corrected chi connectivity index (χ0v) is 15.8. The normalized spacial score (nSPS) is 14.9. The summed E-state index contributed by atoms with van der Waals surface area (Å²) in [5.41, 5.74) is 3.33. The average molecular weight is 376 g/mol. The Morgan fingerprint density at radius 1 is 1.18 bits per heavy atom. The molecule has 0 unspecified atom stereocenters. The number of nitrogens with zero attached hydrogens (tertiary/aromatic N) is 4. The van der Waals surface area contributed by atoms with Crippen molar-refractivity contribution in [2.24, 2.45) is 0 Å². The van der Waals surface area contributed by atoms with Gasteiger partial charge in [0.05, 0.1) is 15.8 Å². The minimum atomic E-state index is -0.494. The van der Waals surface area contributed by atoms with Crippen LogP contribution in [0.2, 0.25) is 0 Å². The lowest BCUT2D eigenvalue weighted by molar-refractivity contribution is -0.384. The van der Waals surface area contributed by atoms with Gasteiger partial charge in [0.1, 0.15) is 5.82 Å². The van der Waals surface area contributed by atoms with Gasteiger partial charge in [0.15, 0.2) is 0 Å². The van der Waals surface area contributed by atoms with Crippen LogP contribution in [0, 0.1) is 10.1 Å². The molecular weight excluding hydrogens is 356 g/mol. The number of hydrogen-bond donors (Lipinski definition) is 0. The van der Waals surface area contributed by atoms with Gasteiger partial charge in [-0.25, -0.2) is 4.98 Å². The number of aromatic nitrogens is 2. The molecule has 0 saturated heterocycles. The zero-order chi connectivity index (χ0) is 19.8. The van der Waals surface area contributed by atoms with Crippen LogP contribution in [0.25, 0.3) is 22.6 Å². The monoisotopic (exact) mass is 376 g/mol. The van der Waals surface area contributed by atoms with Gasteiger partial charge in [0, 0.05) is 38.5 Å². The molecule has 28 heavy (non-hydrogen) atoms. The first-order chi connectivity index (χ1) is 13.4. The lowest BCUT2D eigenvalue weighted by Gasteiger charge is -2.21. The molecule has 1 aliphatic heterocycles. The highest BCUT2D eigenvalue weighted by molar-refractivity contribution is 5.85. The van der Waals surface area contributed by atoms with E-state index in [0.717, 1.165) is 29.7 Å². The molecule has 0 aliphatic carbocycles. The second-order valence-electron chi connectivity index (χ2n) is 7.11. The summed E-state index contributed by atoms with van der Waals surface area (Å²) < 4.78 is 1.63. The number of anilines is 1. The molecule has 0 atom stereocenters. The third kappa shape index (κ3) is 3.15. The molecule has 0 bridgehead atoms. The average Bonchev–Trinajstić information content (AvgIpc) is 2.69. The summed E-state index contributed by atoms with van der Waals surface area (Å²) >= 11 is 0. The number of non-ortho nitro benzene ring substituents is 1. The van der Waals surface area contributed by atoms with Gasteiger partial charge < -0.3 is 4.90 Å². The van der Waals surface area contributed by atoms with E-state index in [-0.39, 0.29) is 16.6 Å². The molecule has 0 fully saturated rings. The summed E-state index contributed by atoms with van der Waals surface area (Å²) in [6.45, 7) is 0.566. The first-order valence-corrected chi connectivity index (χ1v) is 9.11. The SMILES string of the molecule is CN(C)c1ccc(/C=C2\CCCn3c2nc2ccc([N+](=O)[O-])cc2c3=O)cc1. The number of allylic oxidation sites excluding steroid dienone is 1. The van der Waals surface area contributed by atoms with Crippen molar-refractivity contribution in [2.75, 3.05) is 19.0 Å². The molecule has 4 rings (SSSR count). The number of benzene rings is 2. The lowest BCUT2D eigenvalue weighted by Crippen LogP contribution is -2.27. The van der Waals surface area contributed by atoms with Crippen molar-refractivity contribution >= 4 is 33.9 Å². The Balaban J connectivity index is 1.82. The standard InChI is InChI=1S/C21H20N4O3/c1-23(2)16-7-5-14(6-8-16)12-15-4-3-11-24-20(15)22-19-10-9-17(25(27)28)13-18(19)21(24)26/h5-10,12-13H,3-4,11H2,1-2H3/b15-12+. The molecule has 2 aromatic carbocycles. The Morgan fingerprint density at radius 3 is 2.61 bits per heavy atom. The number of fused-ring (bicyclic) bond motifs is 2. The topological polar surface area (TPSA) is 81.3 Å². The molecule has 142 valence electrons. The number of hydrogen-bond acceptors (Lipinski definition) is 5. The van der Waals surface area contributed by atoms with Crippen molar-refractivity contribution in [1.82, 2.24) is 9.55 Å². The summed E-state index contributed by atoms with van der Waals surface area (Å²) in [4.78, 5) is 30.2. The second-order valence-corrected chi connectivity index (χ2v) is 7.11. The van der Waals surface area contributed by atoms with Gasteiger partial charge in [-0.3, -0.25) is 19.5 Å². The lowest BCUT2D eigenvalue weighted by atomic mass is 10.0. The Morgan fingerprint density at radius 2 is 1.93 bits per heavy atom. The molecule has 0 amide bonds. The van der Waals surface area contributed by atoms with Crippen molar-refractivity contribution in [3.63, 3.8) is 0 Å². The van der Waals surface area contributed by atoms with E-state index in [1.807, 2.05) is 31.1 Å². The second kappa shape index (κ2) is 6.92. The largest absolute Gasteiger partial charge is 0.378 e. The highest BCUT2D eigenvalue weighted by Crippen LogP contribution is 2.28. The van der Waals surface area contributed by atoms with Crippen molar-refractivity contribution in [1.29, 1.82) is 0 Å². The highest BCUT2D eigenvalue weighted by Gasteiger charge is 2.20. The van der Waals surface area contributed by atoms with Gasteiger partial charge in [0.2, 0.25) is 0 Å². The fourth-order valence-electron chi connectivity index (χ4n) is 3.52. The van der Waals surface area contributed by atoms with Crippen molar-refractivity contribution in [3.05, 3.63) is 74.3 Å². The Kier molecular flexibility index (Phi) is 4.43. The third-order valence-corrected chi connectivity index (χ3v) is 5.01. The van der Waals surface area contributed by atoms with Crippen LogP contribution in [0.1, 0.15) is 24.2 Å². The molecule has 7 nitrogen and oxygen atoms in total. The summed E-state index contributed by atoms with van der Waals surface area (Å²) in [5.74, 6) is 0.647. The van der Waals surface area contributed by atoms with Crippen LogP contribution in [0.5, 0.6) is 0 Å². The predicted octanol–water partition coefficient (Wildman–Crippen LogP) is 3.71. The van der Waals surface area contributed by atoms with Crippen LogP contribution in [-0.4, -0.2) is 28.6 Å². The van der Waals surface area contributed by atoms with Crippen LogP contribution in [0.15, 0.2) is 47.3 Å². The number of nitro benzene ring substituents is 1. The van der Waals surface area contributed by atoms with Crippen LogP contribution >= 0.6 is 0 Å². The smallest absolute Gasteiger partial charge is 0.270 e. The minimum absolute atomic E-state index is 0.0977. The van der Waals surface area contributed by atoms with Crippen LogP contribution in [-0.2, 0) is 6.54 Å².